The SMILES string of the molecule is CCC/C(C)=C(\N)CCC. The molecule has 60 valence electrons. The zero-order chi connectivity index (χ0) is 7.98. The average Bonchev–Trinajstić information content (AvgIpc) is 1.89. The summed E-state index contributed by atoms with van der Waals surface area (Å²) in [6.07, 6.45) is 4.58. The summed E-state index contributed by atoms with van der Waals surface area (Å²) in [6.45, 7) is 6.48. The number of hydrogen-bond acceptors (Lipinski definition) is 1. The maximum absolute atomic E-state index is 5.79. The number of allylic oxidation sites excluding steroid dienone is 2. The zero-order valence-electron chi connectivity index (χ0n) is 7.41. The molecule has 1 nitrogen and oxygen atoms in total. The fourth-order valence-electron chi connectivity index (χ4n) is 1.02. The van der Waals surface area contributed by atoms with E-state index in [0.29, 0.717) is 0 Å². The Morgan fingerprint density at radius 3 is 2.00 bits per heavy atom. The van der Waals surface area contributed by atoms with E-state index in [4.69, 9.17) is 5.73 Å². The summed E-state index contributed by atoms with van der Waals surface area (Å²) in [7, 11) is 0. The lowest BCUT2D eigenvalue weighted by molar-refractivity contribution is 0.827. The molecule has 0 aliphatic rings. The van der Waals surface area contributed by atoms with Gasteiger partial charge in [0.25, 0.3) is 0 Å². The van der Waals surface area contributed by atoms with Gasteiger partial charge in [-0.3, -0.25) is 0 Å². The molecule has 0 saturated heterocycles. The average molecular weight is 141 g/mol. The van der Waals surface area contributed by atoms with Crippen molar-refractivity contribution in [3.8, 4) is 0 Å². The molecule has 0 atom stereocenters. The molecule has 0 radical (unpaired) electrons. The van der Waals surface area contributed by atoms with E-state index >= 15 is 0 Å². The molecule has 0 amide bonds. The molecule has 0 aromatic rings. The van der Waals surface area contributed by atoms with E-state index in [1.54, 1.807) is 0 Å². The Kier molecular flexibility index (Phi) is 5.09. The van der Waals surface area contributed by atoms with Crippen LogP contribution in [0.3, 0.4) is 0 Å². The Morgan fingerprint density at radius 2 is 1.60 bits per heavy atom. The first-order valence-corrected chi connectivity index (χ1v) is 4.16. The first kappa shape index (κ1) is 9.54. The van der Waals surface area contributed by atoms with Crippen molar-refractivity contribution in [2.45, 2.75) is 46.5 Å². The van der Waals surface area contributed by atoms with Crippen LogP contribution in [0, 0.1) is 0 Å². The number of hydrogen-bond donors (Lipinski definition) is 1. The molecule has 0 spiro atoms. The van der Waals surface area contributed by atoms with Gasteiger partial charge in [0.1, 0.15) is 0 Å². The van der Waals surface area contributed by atoms with Gasteiger partial charge in [0.15, 0.2) is 0 Å². The zero-order valence-corrected chi connectivity index (χ0v) is 7.41. The molecule has 0 rings (SSSR count). The van der Waals surface area contributed by atoms with Crippen molar-refractivity contribution in [2.24, 2.45) is 5.73 Å². The highest BCUT2D eigenvalue weighted by molar-refractivity contribution is 5.07. The second-order valence-corrected chi connectivity index (χ2v) is 2.81. The number of rotatable bonds is 4. The lowest BCUT2D eigenvalue weighted by atomic mass is 10.1. The third kappa shape index (κ3) is 3.54. The van der Waals surface area contributed by atoms with Gasteiger partial charge in [-0.25, -0.2) is 0 Å². The molecule has 0 aromatic heterocycles. The molecular formula is C9H19N. The van der Waals surface area contributed by atoms with Gasteiger partial charge in [-0.05, 0) is 19.8 Å². The summed E-state index contributed by atoms with van der Waals surface area (Å²) in [6, 6.07) is 0. The van der Waals surface area contributed by atoms with Crippen molar-refractivity contribution >= 4 is 0 Å². The minimum absolute atomic E-state index is 1.06. The van der Waals surface area contributed by atoms with Crippen molar-refractivity contribution in [1.82, 2.24) is 0 Å². The van der Waals surface area contributed by atoms with E-state index in [-0.39, 0.29) is 0 Å². The normalized spacial score (nSPS) is 13.1. The summed E-state index contributed by atoms with van der Waals surface area (Å²) in [4.78, 5) is 0. The smallest absolute Gasteiger partial charge is 0.00694 e. The van der Waals surface area contributed by atoms with Crippen LogP contribution in [-0.2, 0) is 0 Å². The van der Waals surface area contributed by atoms with E-state index in [1.165, 1.54) is 12.0 Å². The second-order valence-electron chi connectivity index (χ2n) is 2.81. The topological polar surface area (TPSA) is 26.0 Å². The lowest BCUT2D eigenvalue weighted by Crippen LogP contribution is -2.00. The standard InChI is InChI=1S/C9H19N/c1-4-6-8(3)9(10)7-5-2/h4-7,10H2,1-3H3/b9-8-. The van der Waals surface area contributed by atoms with Gasteiger partial charge >= 0.3 is 0 Å². The first-order chi connectivity index (χ1) is 4.72. The van der Waals surface area contributed by atoms with Gasteiger partial charge in [-0.1, -0.05) is 32.3 Å². The van der Waals surface area contributed by atoms with Crippen molar-refractivity contribution in [3.05, 3.63) is 11.3 Å². The molecule has 0 aliphatic heterocycles. The fourth-order valence-corrected chi connectivity index (χ4v) is 1.02. The number of nitrogens with two attached hydrogens (primary N) is 1. The van der Waals surface area contributed by atoms with Crippen LogP contribution in [0.5, 0.6) is 0 Å². The summed E-state index contributed by atoms with van der Waals surface area (Å²) >= 11 is 0. The van der Waals surface area contributed by atoms with Crippen LogP contribution in [0.4, 0.5) is 0 Å². The molecular weight excluding hydrogens is 122 g/mol. The van der Waals surface area contributed by atoms with Crippen LogP contribution in [0.25, 0.3) is 0 Å². The summed E-state index contributed by atoms with van der Waals surface area (Å²) < 4.78 is 0. The van der Waals surface area contributed by atoms with E-state index < -0.39 is 0 Å². The molecule has 10 heavy (non-hydrogen) atoms. The Hall–Kier alpha value is -0.460. The molecule has 0 aliphatic carbocycles. The van der Waals surface area contributed by atoms with Crippen LogP contribution in [0.2, 0.25) is 0 Å². The van der Waals surface area contributed by atoms with E-state index in [0.717, 1.165) is 25.0 Å². The molecule has 2 N–H and O–H groups in total. The quantitative estimate of drug-likeness (QED) is 0.640. The van der Waals surface area contributed by atoms with Gasteiger partial charge in [0.05, 0.1) is 0 Å². The Balaban J connectivity index is 3.79. The van der Waals surface area contributed by atoms with Crippen LogP contribution in [0.1, 0.15) is 46.5 Å². The third-order valence-electron chi connectivity index (χ3n) is 1.69. The van der Waals surface area contributed by atoms with Crippen molar-refractivity contribution in [3.63, 3.8) is 0 Å². The van der Waals surface area contributed by atoms with Gasteiger partial charge in [0.2, 0.25) is 0 Å². The molecule has 0 fully saturated rings. The molecule has 1 heteroatoms. The predicted octanol–water partition coefficient (Wildman–Crippen LogP) is 2.82. The van der Waals surface area contributed by atoms with E-state index in [2.05, 4.69) is 20.8 Å². The van der Waals surface area contributed by atoms with Gasteiger partial charge in [-0.15, -0.1) is 0 Å². The predicted molar refractivity (Wildman–Crippen MR) is 46.7 cm³/mol. The van der Waals surface area contributed by atoms with Crippen molar-refractivity contribution < 1.29 is 0 Å². The van der Waals surface area contributed by atoms with E-state index in [9.17, 15) is 0 Å². The van der Waals surface area contributed by atoms with Gasteiger partial charge in [0, 0.05) is 5.70 Å². The van der Waals surface area contributed by atoms with Gasteiger partial charge < -0.3 is 5.73 Å². The summed E-state index contributed by atoms with van der Waals surface area (Å²) in [5, 5.41) is 0. The molecule has 0 heterocycles. The summed E-state index contributed by atoms with van der Waals surface area (Å²) in [5.74, 6) is 0. The van der Waals surface area contributed by atoms with Crippen molar-refractivity contribution in [2.75, 3.05) is 0 Å². The second kappa shape index (κ2) is 5.33. The summed E-state index contributed by atoms with van der Waals surface area (Å²) in [5.41, 5.74) is 8.27. The van der Waals surface area contributed by atoms with Gasteiger partial charge in [-0.2, -0.15) is 0 Å². The van der Waals surface area contributed by atoms with Crippen LogP contribution in [0.15, 0.2) is 11.3 Å². The maximum Gasteiger partial charge on any atom is 0.00694 e. The minimum Gasteiger partial charge on any atom is -0.402 e. The Labute approximate surface area is 64.3 Å². The molecule has 0 saturated carbocycles. The third-order valence-corrected chi connectivity index (χ3v) is 1.69. The Morgan fingerprint density at radius 1 is 1.10 bits per heavy atom. The maximum atomic E-state index is 5.79. The van der Waals surface area contributed by atoms with Crippen LogP contribution >= 0.6 is 0 Å². The van der Waals surface area contributed by atoms with Crippen LogP contribution in [-0.4, -0.2) is 0 Å². The molecule has 0 aromatic carbocycles. The lowest BCUT2D eigenvalue weighted by Gasteiger charge is -2.03. The van der Waals surface area contributed by atoms with E-state index in [1.807, 2.05) is 0 Å². The van der Waals surface area contributed by atoms with Crippen molar-refractivity contribution in [1.29, 1.82) is 0 Å². The largest absolute Gasteiger partial charge is 0.402 e. The fraction of sp³-hybridized carbons (Fsp3) is 0.778. The minimum atomic E-state index is 1.06. The van der Waals surface area contributed by atoms with Crippen LogP contribution < -0.4 is 5.73 Å². The monoisotopic (exact) mass is 141 g/mol. The highest BCUT2D eigenvalue weighted by Gasteiger charge is 1.94. The highest BCUT2D eigenvalue weighted by atomic mass is 14.6. The highest BCUT2D eigenvalue weighted by Crippen LogP contribution is 2.09. The first-order valence-electron chi connectivity index (χ1n) is 4.16. The molecule has 0 unspecified atom stereocenters. The Bertz CT molecular complexity index is 99.9. The molecule has 0 bridgehead atoms.